The lowest BCUT2D eigenvalue weighted by Crippen LogP contribution is -2.34. The number of carbonyl (C=O) groups is 2. The predicted octanol–water partition coefficient (Wildman–Crippen LogP) is 2.99. The number of hydrogen-bond donors (Lipinski definition) is 1. The van der Waals surface area contributed by atoms with Crippen LogP contribution in [-0.4, -0.2) is 39.9 Å². The Morgan fingerprint density at radius 2 is 2.03 bits per heavy atom. The first-order valence-electron chi connectivity index (χ1n) is 10.9. The fourth-order valence-corrected chi connectivity index (χ4v) is 5.43. The Kier molecular flexibility index (Phi) is 5.40. The van der Waals surface area contributed by atoms with Crippen molar-refractivity contribution in [3.8, 4) is 0 Å². The summed E-state index contributed by atoms with van der Waals surface area (Å²) in [6.45, 7) is 2.90. The van der Waals surface area contributed by atoms with Gasteiger partial charge in [-0.05, 0) is 50.3 Å². The molecule has 8 heteroatoms. The number of hydrogen-bond acceptors (Lipinski definition) is 6. The zero-order chi connectivity index (χ0) is 21.4. The highest BCUT2D eigenvalue weighted by molar-refractivity contribution is 7.22. The van der Waals surface area contributed by atoms with Gasteiger partial charge in [-0.15, -0.1) is 0 Å². The first-order chi connectivity index (χ1) is 15.1. The molecule has 1 aliphatic heterocycles. The molecule has 1 fully saturated rings. The number of thiazole rings is 1. The van der Waals surface area contributed by atoms with Crippen LogP contribution in [0.1, 0.15) is 42.0 Å². The van der Waals surface area contributed by atoms with Crippen LogP contribution >= 0.6 is 11.3 Å². The van der Waals surface area contributed by atoms with E-state index in [0.29, 0.717) is 24.6 Å². The Morgan fingerprint density at radius 1 is 1.19 bits per heavy atom. The van der Waals surface area contributed by atoms with E-state index >= 15 is 0 Å². The number of aryl methyl sites for hydroxylation is 2. The first kappa shape index (κ1) is 20.1. The summed E-state index contributed by atoms with van der Waals surface area (Å²) in [7, 11) is 0. The van der Waals surface area contributed by atoms with E-state index in [4.69, 9.17) is 4.98 Å². The first-order valence-corrected chi connectivity index (χ1v) is 11.7. The van der Waals surface area contributed by atoms with Crippen molar-refractivity contribution in [1.82, 2.24) is 20.3 Å². The number of anilines is 1. The third kappa shape index (κ3) is 4.04. The molecule has 1 unspecified atom stereocenters. The van der Waals surface area contributed by atoms with Crippen molar-refractivity contribution in [2.24, 2.45) is 5.92 Å². The van der Waals surface area contributed by atoms with Gasteiger partial charge in [0.1, 0.15) is 5.82 Å². The van der Waals surface area contributed by atoms with Gasteiger partial charge >= 0.3 is 0 Å². The van der Waals surface area contributed by atoms with E-state index in [2.05, 4.69) is 22.2 Å². The highest BCUT2D eigenvalue weighted by Crippen LogP contribution is 2.32. The Morgan fingerprint density at radius 3 is 2.90 bits per heavy atom. The van der Waals surface area contributed by atoms with Gasteiger partial charge in [0, 0.05) is 37.3 Å². The van der Waals surface area contributed by atoms with E-state index in [0.717, 1.165) is 34.6 Å². The summed E-state index contributed by atoms with van der Waals surface area (Å²) in [5, 5.41) is 3.64. The van der Waals surface area contributed by atoms with E-state index in [1.807, 2.05) is 24.3 Å². The van der Waals surface area contributed by atoms with Crippen molar-refractivity contribution in [2.45, 2.75) is 45.4 Å². The molecule has 7 nitrogen and oxygen atoms in total. The molecule has 1 atom stereocenters. The molecule has 2 aliphatic rings. The molecule has 5 rings (SSSR count). The van der Waals surface area contributed by atoms with Gasteiger partial charge < -0.3 is 5.32 Å². The third-order valence-corrected chi connectivity index (χ3v) is 7.15. The minimum Gasteiger partial charge on any atom is -0.355 e. The van der Waals surface area contributed by atoms with E-state index in [1.54, 1.807) is 4.90 Å². The minimum atomic E-state index is -0.356. The van der Waals surface area contributed by atoms with E-state index in [-0.39, 0.29) is 24.2 Å². The maximum atomic E-state index is 12.7. The molecule has 1 aliphatic carbocycles. The van der Waals surface area contributed by atoms with Gasteiger partial charge in [0.25, 0.3) is 0 Å². The second kappa shape index (κ2) is 8.34. The van der Waals surface area contributed by atoms with Gasteiger partial charge in [-0.1, -0.05) is 23.5 Å². The van der Waals surface area contributed by atoms with Crippen molar-refractivity contribution in [1.29, 1.82) is 0 Å². The van der Waals surface area contributed by atoms with Crippen LogP contribution in [0.25, 0.3) is 10.2 Å². The number of para-hydroxylation sites is 1. The molecule has 0 radical (unpaired) electrons. The van der Waals surface area contributed by atoms with Crippen LogP contribution in [0.2, 0.25) is 0 Å². The fourth-order valence-electron chi connectivity index (χ4n) is 4.44. The summed E-state index contributed by atoms with van der Waals surface area (Å²) in [6.07, 6.45) is 5.29. The molecule has 1 saturated heterocycles. The number of aromatic nitrogens is 3. The molecule has 1 N–H and O–H groups in total. The quantitative estimate of drug-likeness (QED) is 0.666. The number of nitrogens with one attached hydrogen (secondary N) is 1. The maximum Gasteiger partial charge on any atom is 0.229 e. The van der Waals surface area contributed by atoms with Crippen LogP contribution in [-0.2, 0) is 28.9 Å². The smallest absolute Gasteiger partial charge is 0.229 e. The fraction of sp³-hybridized carbons (Fsp3) is 0.435. The molecule has 1 aromatic carbocycles. The lowest BCUT2D eigenvalue weighted by Gasteiger charge is -2.17. The van der Waals surface area contributed by atoms with Crippen molar-refractivity contribution < 1.29 is 9.59 Å². The van der Waals surface area contributed by atoms with Gasteiger partial charge in [-0.3, -0.25) is 14.5 Å². The number of benzene rings is 1. The van der Waals surface area contributed by atoms with Crippen LogP contribution in [0.5, 0.6) is 0 Å². The Bertz CT molecular complexity index is 1130. The zero-order valence-corrected chi connectivity index (χ0v) is 18.4. The highest BCUT2D eigenvalue weighted by Gasteiger charge is 2.36. The molecule has 3 aromatic rings. The van der Waals surface area contributed by atoms with Crippen LogP contribution in [0.4, 0.5) is 5.13 Å². The predicted molar refractivity (Wildman–Crippen MR) is 120 cm³/mol. The number of rotatable bonds is 5. The normalized spacial score (nSPS) is 18.4. The molecule has 0 bridgehead atoms. The van der Waals surface area contributed by atoms with Gasteiger partial charge in [0.15, 0.2) is 5.13 Å². The minimum absolute atomic E-state index is 0.0483. The molecule has 31 heavy (non-hydrogen) atoms. The highest BCUT2D eigenvalue weighted by atomic mass is 32.1. The number of nitrogens with zero attached hydrogens (tertiary/aromatic N) is 4. The van der Waals surface area contributed by atoms with Crippen LogP contribution < -0.4 is 10.2 Å². The second-order valence-electron chi connectivity index (χ2n) is 8.27. The van der Waals surface area contributed by atoms with Crippen LogP contribution in [0.15, 0.2) is 24.3 Å². The molecular weight excluding hydrogens is 410 g/mol. The molecular formula is C23H25N5O2S. The summed E-state index contributed by atoms with van der Waals surface area (Å²) in [6, 6.07) is 7.82. The Hall–Kier alpha value is -2.87. The molecule has 2 aromatic heterocycles. The standard InChI is InChI=1S/C23H25N5O2S/c1-14-16-6-2-3-7-17(16)26-20(25-14)10-11-24-22(30)15-12-21(29)28(13-15)23-27-18-8-4-5-9-19(18)31-23/h4-5,8-9,15H,2-3,6-7,10-13H2,1H3,(H,24,30). The van der Waals surface area contributed by atoms with E-state index < -0.39 is 0 Å². The van der Waals surface area contributed by atoms with Crippen molar-refractivity contribution >= 4 is 38.5 Å². The monoisotopic (exact) mass is 435 g/mol. The van der Waals surface area contributed by atoms with Gasteiger partial charge in [-0.2, -0.15) is 0 Å². The van der Waals surface area contributed by atoms with E-state index in [1.165, 1.54) is 35.4 Å². The summed E-state index contributed by atoms with van der Waals surface area (Å²) in [4.78, 5) is 40.8. The lowest BCUT2D eigenvalue weighted by molar-refractivity contribution is -0.126. The average molecular weight is 436 g/mol. The molecule has 3 heterocycles. The van der Waals surface area contributed by atoms with Crippen LogP contribution in [0, 0.1) is 12.8 Å². The van der Waals surface area contributed by atoms with E-state index in [9.17, 15) is 9.59 Å². The Labute approximate surface area is 184 Å². The summed E-state index contributed by atoms with van der Waals surface area (Å²) >= 11 is 1.49. The number of carbonyl (C=O) groups excluding carboxylic acids is 2. The maximum absolute atomic E-state index is 12.7. The molecule has 2 amide bonds. The molecule has 0 spiro atoms. The number of amides is 2. The summed E-state index contributed by atoms with van der Waals surface area (Å²) in [5.41, 5.74) is 4.42. The van der Waals surface area contributed by atoms with Crippen molar-refractivity contribution in [3.05, 3.63) is 47.0 Å². The third-order valence-electron chi connectivity index (χ3n) is 6.09. The average Bonchev–Trinajstić information content (AvgIpc) is 3.37. The van der Waals surface area contributed by atoms with Gasteiger partial charge in [-0.25, -0.2) is 15.0 Å². The van der Waals surface area contributed by atoms with Crippen molar-refractivity contribution in [2.75, 3.05) is 18.0 Å². The molecule has 0 saturated carbocycles. The topological polar surface area (TPSA) is 88.1 Å². The Balaban J connectivity index is 1.19. The zero-order valence-electron chi connectivity index (χ0n) is 17.6. The SMILES string of the molecule is Cc1nc(CCNC(=O)C2CC(=O)N(c3nc4ccccc4s3)C2)nc2c1CCCC2. The number of fused-ring (bicyclic) bond motifs is 2. The van der Waals surface area contributed by atoms with Gasteiger partial charge in [0.05, 0.1) is 16.1 Å². The van der Waals surface area contributed by atoms with Gasteiger partial charge in [0.2, 0.25) is 11.8 Å². The lowest BCUT2D eigenvalue weighted by atomic mass is 9.95. The second-order valence-corrected chi connectivity index (χ2v) is 9.28. The largest absolute Gasteiger partial charge is 0.355 e. The summed E-state index contributed by atoms with van der Waals surface area (Å²) < 4.78 is 1.04. The molecule has 160 valence electrons. The summed E-state index contributed by atoms with van der Waals surface area (Å²) in [5.74, 6) is 0.294. The van der Waals surface area contributed by atoms with Crippen molar-refractivity contribution in [3.63, 3.8) is 0 Å². The van der Waals surface area contributed by atoms with Crippen LogP contribution in [0.3, 0.4) is 0 Å².